The molecule has 21 heteroatoms. The molecule has 25 atom stereocenters. The van der Waals surface area contributed by atoms with Crippen molar-refractivity contribution in [2.75, 3.05) is 26.4 Å². The quantitative estimate of drug-likeness (QED) is 0.0309. The zero-order valence-corrected chi connectivity index (χ0v) is 50.9. The van der Waals surface area contributed by atoms with Gasteiger partial charge < -0.3 is 94.1 Å². The fourth-order valence-electron chi connectivity index (χ4n) is 16.9. The highest BCUT2D eigenvalue weighted by atomic mass is 16.8. The normalized spacial score (nSPS) is 46.7. The SMILES string of the molecule is CCCCOC(=O)C1OC(OC2CCC3(C)C(CCC4(C)C3CC=C3C5CC(C)(C)CC(OC(=O)C(C)=C(C)CCC=C(C)C)C5(CO)C(O)C(O)C34C)C2(C)C)C(OC2OC(CO)C(O)C(O)C2O)C(O)C1OC1OC(CO)C(O)C1O. The van der Waals surface area contributed by atoms with Crippen LogP contribution >= 0.6 is 0 Å². The first-order valence-electron chi connectivity index (χ1n) is 30.4. The van der Waals surface area contributed by atoms with Crippen molar-refractivity contribution in [1.82, 2.24) is 0 Å². The number of esters is 2. The summed E-state index contributed by atoms with van der Waals surface area (Å²) in [5, 5.41) is 124. The van der Waals surface area contributed by atoms with Crippen LogP contribution in [0.1, 0.15) is 154 Å². The van der Waals surface area contributed by atoms with Crippen molar-refractivity contribution >= 4 is 11.9 Å². The maximum absolute atomic E-state index is 14.1. The van der Waals surface area contributed by atoms with Gasteiger partial charge in [-0.1, -0.05) is 90.7 Å². The van der Waals surface area contributed by atoms with Crippen LogP contribution in [0.15, 0.2) is 34.4 Å². The summed E-state index contributed by atoms with van der Waals surface area (Å²) in [5.41, 5.74) is -0.931. The van der Waals surface area contributed by atoms with Crippen molar-refractivity contribution < 1.29 is 104 Å². The summed E-state index contributed by atoms with van der Waals surface area (Å²) in [6.45, 7) is 22.6. The minimum absolute atomic E-state index is 0.0321. The smallest absolute Gasteiger partial charge is 0.338 e. The Bertz CT molecular complexity index is 2390. The van der Waals surface area contributed by atoms with Crippen LogP contribution in [0, 0.1) is 50.2 Å². The van der Waals surface area contributed by atoms with Gasteiger partial charge in [-0.2, -0.15) is 0 Å². The van der Waals surface area contributed by atoms with Gasteiger partial charge in [-0.25, -0.2) is 9.59 Å². The molecule has 0 aromatic rings. The lowest BCUT2D eigenvalue weighted by Crippen LogP contribution is -2.74. The number of allylic oxidation sites excluding steroid dienone is 4. The minimum Gasteiger partial charge on any atom is -0.464 e. The first kappa shape index (κ1) is 66.4. The Balaban J connectivity index is 1.10. The Morgan fingerprint density at radius 1 is 0.687 bits per heavy atom. The topological polar surface area (TPSA) is 331 Å². The Morgan fingerprint density at radius 2 is 1.30 bits per heavy atom. The molecule has 0 spiro atoms. The van der Waals surface area contributed by atoms with Gasteiger partial charge in [0.1, 0.15) is 67.1 Å². The van der Waals surface area contributed by atoms with Crippen molar-refractivity contribution in [2.24, 2.45) is 50.2 Å². The molecule has 11 N–H and O–H groups in total. The van der Waals surface area contributed by atoms with Gasteiger partial charge in [-0.05, 0) is 131 Å². The predicted molar refractivity (Wildman–Crippen MR) is 298 cm³/mol. The second kappa shape index (κ2) is 25.2. The van der Waals surface area contributed by atoms with E-state index in [1.807, 2.05) is 27.7 Å². The van der Waals surface area contributed by atoms with E-state index in [0.29, 0.717) is 69.8 Å². The predicted octanol–water partition coefficient (Wildman–Crippen LogP) is 3.15. The van der Waals surface area contributed by atoms with E-state index in [1.54, 1.807) is 6.92 Å². The Morgan fingerprint density at radius 3 is 1.90 bits per heavy atom. The molecule has 0 bridgehead atoms. The van der Waals surface area contributed by atoms with E-state index in [9.17, 15) is 65.8 Å². The Kier molecular flexibility index (Phi) is 20.1. The van der Waals surface area contributed by atoms with Gasteiger partial charge in [-0.3, -0.25) is 0 Å². The molecule has 8 aliphatic rings. The van der Waals surface area contributed by atoms with Crippen molar-refractivity contribution in [3.63, 3.8) is 0 Å². The molecular formula is C62H100O21. The number of aliphatic hydroxyl groups excluding tert-OH is 11. The molecule has 0 aromatic carbocycles. The molecule has 7 fully saturated rings. The maximum Gasteiger partial charge on any atom is 0.338 e. The number of fused-ring (bicyclic) bond motifs is 7. The second-order valence-electron chi connectivity index (χ2n) is 28.1. The van der Waals surface area contributed by atoms with Crippen molar-refractivity contribution in [3.8, 4) is 0 Å². The summed E-state index contributed by atoms with van der Waals surface area (Å²) in [7, 11) is 0. The highest BCUT2D eigenvalue weighted by molar-refractivity contribution is 5.88. The van der Waals surface area contributed by atoms with Crippen molar-refractivity contribution in [1.29, 1.82) is 0 Å². The van der Waals surface area contributed by atoms with E-state index in [1.165, 1.54) is 5.57 Å². The zero-order chi connectivity index (χ0) is 61.3. The molecule has 5 aliphatic carbocycles. The lowest BCUT2D eigenvalue weighted by molar-refractivity contribution is -0.383. The fraction of sp³-hybridized carbons (Fsp3) is 0.871. The van der Waals surface area contributed by atoms with Gasteiger partial charge >= 0.3 is 11.9 Å². The summed E-state index contributed by atoms with van der Waals surface area (Å²) >= 11 is 0. The molecule has 0 amide bonds. The van der Waals surface area contributed by atoms with E-state index in [-0.39, 0.29) is 23.9 Å². The average molecular weight is 1180 g/mol. The van der Waals surface area contributed by atoms with E-state index in [4.69, 9.17) is 37.9 Å². The fourth-order valence-corrected chi connectivity index (χ4v) is 16.9. The van der Waals surface area contributed by atoms with Crippen LogP contribution in [-0.2, 0) is 47.5 Å². The number of carbonyl (C=O) groups excluding carboxylic acids is 2. The number of ether oxygens (including phenoxy) is 8. The van der Waals surface area contributed by atoms with Gasteiger partial charge in [-0.15, -0.1) is 0 Å². The van der Waals surface area contributed by atoms with Crippen molar-refractivity contribution in [2.45, 2.75) is 264 Å². The molecule has 3 aliphatic heterocycles. The van der Waals surface area contributed by atoms with E-state index >= 15 is 0 Å². The summed E-state index contributed by atoms with van der Waals surface area (Å²) in [5.74, 6) is -2.03. The van der Waals surface area contributed by atoms with Crippen LogP contribution in [0.3, 0.4) is 0 Å². The summed E-state index contributed by atoms with van der Waals surface area (Å²) in [4.78, 5) is 28.3. The van der Waals surface area contributed by atoms with Gasteiger partial charge in [0.2, 0.25) is 0 Å². The summed E-state index contributed by atoms with van der Waals surface area (Å²) in [6, 6.07) is 0. The van der Waals surface area contributed by atoms with Gasteiger partial charge in [0.05, 0.1) is 50.2 Å². The van der Waals surface area contributed by atoms with Crippen LogP contribution in [0.25, 0.3) is 0 Å². The standard InChI is InChI=1S/C62H100O21/c1-13-14-24-76-53(75)49-47(81-54-44(69)42(67)36(28-64)78-54)46(71)48(82-55-45(70)43(68)41(66)35(27-63)77-55)56(83-49)80-39-21-22-59(10)37(58(39,8)9)20-23-60(11)38(59)19-18-33-34-25-57(6,7)26-40(62(34,29-65)51(73)50(72)61(33,60)12)79-52(74)32(5)31(4)17-15-16-30(2)3/h16,18,34-51,54-56,63-73H,13-15,17,19-29H2,1-12H3. The molecule has 25 unspecified atom stereocenters. The lowest BCUT2D eigenvalue weighted by Gasteiger charge is -2.73. The molecule has 3 heterocycles. The van der Waals surface area contributed by atoms with Crippen LogP contribution in [-0.4, -0.2) is 205 Å². The molecule has 0 radical (unpaired) electrons. The first-order chi connectivity index (χ1) is 38.9. The molecular weight excluding hydrogens is 1080 g/mol. The number of carbonyl (C=O) groups is 2. The number of rotatable bonds is 18. The van der Waals surface area contributed by atoms with E-state index in [2.05, 4.69) is 60.6 Å². The third-order valence-corrected chi connectivity index (χ3v) is 22.2. The average Bonchev–Trinajstić information content (AvgIpc) is 1.22. The van der Waals surface area contributed by atoms with Crippen LogP contribution in [0.4, 0.5) is 0 Å². The van der Waals surface area contributed by atoms with E-state index < -0.39 is 175 Å². The summed E-state index contributed by atoms with van der Waals surface area (Å²) < 4.78 is 49.4. The van der Waals surface area contributed by atoms with Gasteiger partial charge in [0.25, 0.3) is 0 Å². The van der Waals surface area contributed by atoms with Gasteiger partial charge in [0.15, 0.2) is 25.0 Å². The number of unbranched alkanes of at least 4 members (excludes halogenated alkanes) is 1. The molecule has 3 saturated heterocycles. The van der Waals surface area contributed by atoms with Gasteiger partial charge in [0, 0.05) is 11.0 Å². The second-order valence-corrected chi connectivity index (χ2v) is 28.1. The molecule has 21 nitrogen and oxygen atoms in total. The minimum atomic E-state index is -1.96. The largest absolute Gasteiger partial charge is 0.464 e. The maximum atomic E-state index is 14.1. The van der Waals surface area contributed by atoms with E-state index in [0.717, 1.165) is 17.6 Å². The number of hydrogen-bond acceptors (Lipinski definition) is 21. The third kappa shape index (κ3) is 11.5. The van der Waals surface area contributed by atoms with Crippen LogP contribution < -0.4 is 0 Å². The Labute approximate surface area is 489 Å². The zero-order valence-electron chi connectivity index (χ0n) is 50.9. The lowest BCUT2D eigenvalue weighted by atomic mass is 9.32. The summed E-state index contributed by atoms with van der Waals surface area (Å²) in [6.07, 6.45) is -17.7. The monoisotopic (exact) mass is 1180 g/mol. The molecule has 474 valence electrons. The Hall–Kier alpha value is -2.52. The van der Waals surface area contributed by atoms with Crippen LogP contribution in [0.2, 0.25) is 0 Å². The molecule has 8 rings (SSSR count). The highest BCUT2D eigenvalue weighted by Crippen LogP contribution is 2.76. The number of aliphatic hydroxyl groups is 11. The third-order valence-electron chi connectivity index (χ3n) is 22.2. The molecule has 4 saturated carbocycles. The highest BCUT2D eigenvalue weighted by Gasteiger charge is 2.75. The number of hydrogen-bond donors (Lipinski definition) is 11. The molecule has 83 heavy (non-hydrogen) atoms. The van der Waals surface area contributed by atoms with Crippen LogP contribution in [0.5, 0.6) is 0 Å². The first-order valence-corrected chi connectivity index (χ1v) is 30.4. The molecule has 0 aromatic heterocycles. The van der Waals surface area contributed by atoms with Crippen molar-refractivity contribution in [3.05, 3.63) is 34.4 Å².